The lowest BCUT2D eigenvalue weighted by Crippen LogP contribution is -2.17. The Morgan fingerprint density at radius 2 is 1.92 bits per heavy atom. The van der Waals surface area contributed by atoms with Crippen molar-refractivity contribution in [3.8, 4) is 0 Å². The molecule has 0 atom stereocenters. The molecule has 1 aromatic heterocycles. The van der Waals surface area contributed by atoms with Crippen LogP contribution in [0.2, 0.25) is 15.2 Å². The van der Waals surface area contributed by atoms with Crippen LogP contribution in [0.15, 0.2) is 6.07 Å². The molecule has 0 amide bonds. The third-order valence-electron chi connectivity index (χ3n) is 1.70. The quantitative estimate of drug-likeness (QED) is 0.735. The van der Waals surface area contributed by atoms with E-state index in [0.29, 0.717) is 15.9 Å². The maximum Gasteiger partial charge on any atom is 0.150 e. The minimum absolute atomic E-state index is 0.279. The number of rotatable bonds is 2. The van der Waals surface area contributed by atoms with Gasteiger partial charge in [-0.05, 0) is 13.0 Å². The number of hydrogen-bond acceptors (Lipinski definition) is 2. The highest BCUT2D eigenvalue weighted by molar-refractivity contribution is 6.42. The van der Waals surface area contributed by atoms with E-state index in [2.05, 4.69) is 4.98 Å². The van der Waals surface area contributed by atoms with E-state index in [-0.39, 0.29) is 5.15 Å². The molecule has 13 heavy (non-hydrogen) atoms. The molecule has 0 bridgehead atoms. The Morgan fingerprint density at radius 1 is 1.31 bits per heavy atom. The molecule has 0 aromatic carbocycles. The van der Waals surface area contributed by atoms with Gasteiger partial charge in [0.15, 0.2) is 0 Å². The monoisotopic (exact) mass is 238 g/mol. The molecular formula is C8H9Cl3N2. The smallest absolute Gasteiger partial charge is 0.150 e. The number of hydrogen-bond donors (Lipinski definition) is 0. The summed E-state index contributed by atoms with van der Waals surface area (Å²) in [6.45, 7) is 2.81. The Labute approximate surface area is 92.4 Å². The second kappa shape index (κ2) is 4.36. The second-order valence-corrected chi connectivity index (χ2v) is 3.75. The summed E-state index contributed by atoms with van der Waals surface area (Å²) in [5.41, 5.74) is 0. The molecule has 1 rings (SSSR count). The molecule has 0 unspecified atom stereocenters. The van der Waals surface area contributed by atoms with Gasteiger partial charge in [-0.3, -0.25) is 0 Å². The van der Waals surface area contributed by atoms with Gasteiger partial charge in [-0.25, -0.2) is 4.98 Å². The molecule has 72 valence electrons. The average Bonchev–Trinajstić information content (AvgIpc) is 2.10. The molecule has 0 radical (unpaired) electrons. The first kappa shape index (κ1) is 10.9. The highest BCUT2D eigenvalue weighted by Gasteiger charge is 2.10. The summed E-state index contributed by atoms with van der Waals surface area (Å²) in [5, 5.41) is 1.17. The van der Waals surface area contributed by atoms with Crippen LogP contribution >= 0.6 is 34.8 Å². The Kier molecular flexibility index (Phi) is 3.65. The normalized spacial score (nSPS) is 10.2. The van der Waals surface area contributed by atoms with Crippen LogP contribution in [0.1, 0.15) is 6.92 Å². The van der Waals surface area contributed by atoms with E-state index >= 15 is 0 Å². The standard InChI is InChI=1S/C8H9Cl3N2/c1-3-13(2)8-6(10)4-5(9)7(11)12-8/h4H,3H2,1-2H3. The molecule has 0 fully saturated rings. The maximum atomic E-state index is 5.93. The summed E-state index contributed by atoms with van der Waals surface area (Å²) in [7, 11) is 1.89. The van der Waals surface area contributed by atoms with Gasteiger partial charge in [-0.2, -0.15) is 0 Å². The summed E-state index contributed by atoms with van der Waals surface area (Å²) < 4.78 is 0. The number of pyridine rings is 1. The van der Waals surface area contributed by atoms with E-state index in [1.54, 1.807) is 6.07 Å². The van der Waals surface area contributed by atoms with Gasteiger partial charge in [-0.1, -0.05) is 34.8 Å². The summed E-state index contributed by atoms with van der Waals surface area (Å²) in [5.74, 6) is 0.651. The lowest BCUT2D eigenvalue weighted by molar-refractivity contribution is 0.939. The molecule has 0 saturated carbocycles. The van der Waals surface area contributed by atoms with Gasteiger partial charge in [-0.15, -0.1) is 0 Å². The SMILES string of the molecule is CCN(C)c1nc(Cl)c(Cl)cc1Cl. The van der Waals surface area contributed by atoms with Crippen molar-refractivity contribution in [2.75, 3.05) is 18.5 Å². The molecule has 1 aromatic rings. The fourth-order valence-electron chi connectivity index (χ4n) is 0.853. The summed E-state index contributed by atoms with van der Waals surface area (Å²) in [4.78, 5) is 5.96. The lowest BCUT2D eigenvalue weighted by atomic mass is 10.4. The summed E-state index contributed by atoms with van der Waals surface area (Å²) in [6, 6.07) is 1.60. The zero-order valence-electron chi connectivity index (χ0n) is 7.31. The van der Waals surface area contributed by atoms with E-state index < -0.39 is 0 Å². The van der Waals surface area contributed by atoms with Crippen molar-refractivity contribution >= 4 is 40.6 Å². The van der Waals surface area contributed by atoms with Crippen molar-refractivity contribution in [1.29, 1.82) is 0 Å². The van der Waals surface area contributed by atoms with Crippen LogP contribution in [0.25, 0.3) is 0 Å². The van der Waals surface area contributed by atoms with E-state index in [1.807, 2.05) is 18.9 Å². The largest absolute Gasteiger partial charge is 0.359 e. The third kappa shape index (κ3) is 2.39. The second-order valence-electron chi connectivity index (χ2n) is 2.58. The highest BCUT2D eigenvalue weighted by Crippen LogP contribution is 2.30. The molecule has 0 aliphatic heterocycles. The zero-order valence-corrected chi connectivity index (χ0v) is 9.58. The van der Waals surface area contributed by atoms with Gasteiger partial charge in [0, 0.05) is 13.6 Å². The van der Waals surface area contributed by atoms with Crippen LogP contribution in [-0.2, 0) is 0 Å². The Hall–Kier alpha value is -0.180. The molecular weight excluding hydrogens is 230 g/mol. The van der Waals surface area contributed by atoms with Crippen molar-refractivity contribution in [2.45, 2.75) is 6.92 Å². The number of aromatic nitrogens is 1. The molecule has 0 N–H and O–H groups in total. The Morgan fingerprint density at radius 3 is 2.46 bits per heavy atom. The van der Waals surface area contributed by atoms with Crippen molar-refractivity contribution in [1.82, 2.24) is 4.98 Å². The van der Waals surface area contributed by atoms with Crippen LogP contribution in [0.3, 0.4) is 0 Å². The number of nitrogens with zero attached hydrogens (tertiary/aromatic N) is 2. The van der Waals surface area contributed by atoms with Gasteiger partial charge in [0.1, 0.15) is 11.0 Å². The van der Waals surface area contributed by atoms with E-state index in [0.717, 1.165) is 6.54 Å². The zero-order chi connectivity index (χ0) is 10.0. The molecule has 0 aliphatic rings. The van der Waals surface area contributed by atoms with Gasteiger partial charge in [0.25, 0.3) is 0 Å². The van der Waals surface area contributed by atoms with Crippen molar-refractivity contribution in [2.24, 2.45) is 0 Å². The molecule has 5 heteroatoms. The topological polar surface area (TPSA) is 16.1 Å². The van der Waals surface area contributed by atoms with Gasteiger partial charge in [0.05, 0.1) is 10.0 Å². The Bertz CT molecular complexity index is 315. The lowest BCUT2D eigenvalue weighted by Gasteiger charge is -2.17. The Balaban J connectivity index is 3.15. The van der Waals surface area contributed by atoms with Crippen LogP contribution < -0.4 is 4.90 Å². The number of anilines is 1. The molecule has 2 nitrogen and oxygen atoms in total. The van der Waals surface area contributed by atoms with Crippen LogP contribution in [0, 0.1) is 0 Å². The van der Waals surface area contributed by atoms with Crippen molar-refractivity contribution in [3.63, 3.8) is 0 Å². The molecule has 0 saturated heterocycles. The fraction of sp³-hybridized carbons (Fsp3) is 0.375. The van der Waals surface area contributed by atoms with Crippen LogP contribution in [-0.4, -0.2) is 18.6 Å². The van der Waals surface area contributed by atoms with E-state index in [1.165, 1.54) is 0 Å². The molecule has 0 aliphatic carbocycles. The minimum atomic E-state index is 0.279. The summed E-state index contributed by atoms with van der Waals surface area (Å²) in [6.07, 6.45) is 0. The predicted molar refractivity (Wildman–Crippen MR) is 58.2 cm³/mol. The first-order valence-corrected chi connectivity index (χ1v) is 4.92. The van der Waals surface area contributed by atoms with Crippen LogP contribution in [0.5, 0.6) is 0 Å². The van der Waals surface area contributed by atoms with Gasteiger partial charge in [0.2, 0.25) is 0 Å². The summed E-state index contributed by atoms with van der Waals surface area (Å²) >= 11 is 17.4. The van der Waals surface area contributed by atoms with E-state index in [9.17, 15) is 0 Å². The average molecular weight is 240 g/mol. The third-order valence-corrected chi connectivity index (χ3v) is 2.66. The van der Waals surface area contributed by atoms with Crippen molar-refractivity contribution < 1.29 is 0 Å². The fourth-order valence-corrected chi connectivity index (χ4v) is 1.49. The van der Waals surface area contributed by atoms with Crippen LogP contribution in [0.4, 0.5) is 5.82 Å². The van der Waals surface area contributed by atoms with E-state index in [4.69, 9.17) is 34.8 Å². The predicted octanol–water partition coefficient (Wildman–Crippen LogP) is 3.50. The van der Waals surface area contributed by atoms with Crippen molar-refractivity contribution in [3.05, 3.63) is 21.3 Å². The maximum absolute atomic E-state index is 5.93. The van der Waals surface area contributed by atoms with Gasteiger partial charge >= 0.3 is 0 Å². The highest BCUT2D eigenvalue weighted by atomic mass is 35.5. The van der Waals surface area contributed by atoms with Gasteiger partial charge < -0.3 is 4.90 Å². The minimum Gasteiger partial charge on any atom is -0.359 e. The number of halogens is 3. The first-order chi connectivity index (χ1) is 6.06. The molecule has 0 spiro atoms. The first-order valence-electron chi connectivity index (χ1n) is 3.79. The molecule has 1 heterocycles.